The number of hydrogen-bond acceptors (Lipinski definition) is 3. The predicted molar refractivity (Wildman–Crippen MR) is 96.0 cm³/mol. The SMILES string of the molecule is CCCCC[C@H](O)CC[C@@H]1[C@H]2Cc3cccc(O)c3C[C@H]2C[C@@H]1O. The lowest BCUT2D eigenvalue weighted by Gasteiger charge is -2.32. The molecule has 3 N–H and O–H groups in total. The van der Waals surface area contributed by atoms with Gasteiger partial charge in [0.2, 0.25) is 0 Å². The van der Waals surface area contributed by atoms with Gasteiger partial charge in [0.15, 0.2) is 0 Å². The van der Waals surface area contributed by atoms with E-state index in [4.69, 9.17) is 0 Å². The standard InChI is InChI=1S/C21H32O3/c1-2-3-4-7-16(22)9-10-17-18-11-14-6-5-8-20(23)19(14)12-15(18)13-21(17)24/h5-6,8,15-18,21-24H,2-4,7,9-13H2,1H3/t15-,16-,17+,18-,21-/m0/s1. The second-order valence-electron chi connectivity index (χ2n) is 7.94. The quantitative estimate of drug-likeness (QED) is 0.665. The van der Waals surface area contributed by atoms with Gasteiger partial charge in [-0.1, -0.05) is 38.3 Å². The molecule has 0 aromatic heterocycles. The molecule has 3 nitrogen and oxygen atoms in total. The van der Waals surface area contributed by atoms with Crippen LogP contribution in [-0.2, 0) is 12.8 Å². The van der Waals surface area contributed by atoms with E-state index in [2.05, 4.69) is 13.0 Å². The Hall–Kier alpha value is -1.06. The monoisotopic (exact) mass is 332 g/mol. The van der Waals surface area contributed by atoms with E-state index in [1.54, 1.807) is 6.07 Å². The van der Waals surface area contributed by atoms with Crippen LogP contribution in [0.5, 0.6) is 5.75 Å². The molecule has 3 heteroatoms. The number of aromatic hydroxyl groups is 1. The first-order valence-electron chi connectivity index (χ1n) is 9.76. The fourth-order valence-corrected chi connectivity index (χ4v) is 4.98. The molecule has 2 aliphatic rings. The van der Waals surface area contributed by atoms with Crippen molar-refractivity contribution in [2.45, 2.75) is 76.9 Å². The molecule has 0 aliphatic heterocycles. The third-order valence-corrected chi connectivity index (χ3v) is 6.34. The molecule has 2 aliphatic carbocycles. The maximum atomic E-state index is 10.6. The Labute approximate surface area is 145 Å². The molecule has 0 spiro atoms. The number of aliphatic hydroxyl groups excluding tert-OH is 2. The van der Waals surface area contributed by atoms with Crippen molar-refractivity contribution in [3.05, 3.63) is 29.3 Å². The Morgan fingerprint density at radius 2 is 2.00 bits per heavy atom. The number of rotatable bonds is 7. The minimum atomic E-state index is -0.251. The Morgan fingerprint density at radius 3 is 2.79 bits per heavy atom. The van der Waals surface area contributed by atoms with Crippen LogP contribution < -0.4 is 0 Å². The molecule has 134 valence electrons. The summed E-state index contributed by atoms with van der Waals surface area (Å²) in [6, 6.07) is 5.81. The van der Waals surface area contributed by atoms with E-state index in [9.17, 15) is 15.3 Å². The fourth-order valence-electron chi connectivity index (χ4n) is 4.98. The van der Waals surface area contributed by atoms with Crippen LogP contribution in [-0.4, -0.2) is 27.5 Å². The molecular formula is C21H32O3. The number of benzene rings is 1. The van der Waals surface area contributed by atoms with E-state index in [0.717, 1.165) is 50.5 Å². The van der Waals surface area contributed by atoms with Gasteiger partial charge >= 0.3 is 0 Å². The summed E-state index contributed by atoms with van der Waals surface area (Å²) < 4.78 is 0. The van der Waals surface area contributed by atoms with Crippen molar-refractivity contribution in [2.24, 2.45) is 17.8 Å². The van der Waals surface area contributed by atoms with Gasteiger partial charge in [-0.2, -0.15) is 0 Å². The first-order chi connectivity index (χ1) is 11.6. The minimum Gasteiger partial charge on any atom is -0.508 e. The molecule has 1 aromatic carbocycles. The summed E-state index contributed by atoms with van der Waals surface area (Å²) in [5.74, 6) is 1.68. The van der Waals surface area contributed by atoms with Crippen molar-refractivity contribution in [2.75, 3.05) is 0 Å². The van der Waals surface area contributed by atoms with Gasteiger partial charge in [-0.25, -0.2) is 0 Å². The first kappa shape index (κ1) is 17.8. The zero-order valence-corrected chi connectivity index (χ0v) is 14.8. The Kier molecular flexibility index (Phi) is 5.83. The van der Waals surface area contributed by atoms with Gasteiger partial charge in [0.05, 0.1) is 12.2 Å². The van der Waals surface area contributed by atoms with Crippen LogP contribution in [0.15, 0.2) is 18.2 Å². The number of unbranched alkanes of at least 4 members (excludes halogenated alkanes) is 2. The zero-order valence-electron chi connectivity index (χ0n) is 14.8. The summed E-state index contributed by atoms with van der Waals surface area (Å²) >= 11 is 0. The van der Waals surface area contributed by atoms with E-state index in [1.165, 1.54) is 18.4 Å². The van der Waals surface area contributed by atoms with Crippen molar-refractivity contribution in [3.8, 4) is 5.75 Å². The van der Waals surface area contributed by atoms with Crippen LogP contribution in [0.4, 0.5) is 0 Å². The number of fused-ring (bicyclic) bond motifs is 2. The van der Waals surface area contributed by atoms with E-state index < -0.39 is 0 Å². The van der Waals surface area contributed by atoms with Crippen molar-refractivity contribution in [1.82, 2.24) is 0 Å². The normalized spacial score (nSPS) is 30.0. The highest BCUT2D eigenvalue weighted by molar-refractivity contribution is 5.42. The molecule has 0 saturated heterocycles. The molecule has 1 aromatic rings. The average molecular weight is 332 g/mol. The van der Waals surface area contributed by atoms with Gasteiger partial charge in [0, 0.05) is 0 Å². The van der Waals surface area contributed by atoms with Gasteiger partial charge in [0.25, 0.3) is 0 Å². The first-order valence-corrected chi connectivity index (χ1v) is 9.76. The molecular weight excluding hydrogens is 300 g/mol. The van der Waals surface area contributed by atoms with Gasteiger partial charge < -0.3 is 15.3 Å². The highest BCUT2D eigenvalue weighted by Gasteiger charge is 2.44. The average Bonchev–Trinajstić information content (AvgIpc) is 2.86. The molecule has 24 heavy (non-hydrogen) atoms. The lowest BCUT2D eigenvalue weighted by molar-refractivity contribution is 0.0869. The van der Waals surface area contributed by atoms with Crippen LogP contribution in [0.25, 0.3) is 0 Å². The van der Waals surface area contributed by atoms with Crippen LogP contribution in [0, 0.1) is 17.8 Å². The Morgan fingerprint density at radius 1 is 1.17 bits per heavy atom. The second kappa shape index (κ2) is 7.88. The lowest BCUT2D eigenvalue weighted by atomic mass is 9.73. The number of phenols is 1. The van der Waals surface area contributed by atoms with E-state index in [0.29, 0.717) is 23.5 Å². The van der Waals surface area contributed by atoms with Crippen molar-refractivity contribution >= 4 is 0 Å². The van der Waals surface area contributed by atoms with Crippen LogP contribution in [0.3, 0.4) is 0 Å². The summed E-state index contributed by atoms with van der Waals surface area (Å²) in [5.41, 5.74) is 2.34. The zero-order chi connectivity index (χ0) is 17.1. The van der Waals surface area contributed by atoms with Gasteiger partial charge in [0.1, 0.15) is 5.75 Å². The molecule has 0 heterocycles. The summed E-state index contributed by atoms with van der Waals surface area (Å²) in [6.45, 7) is 2.18. The van der Waals surface area contributed by atoms with E-state index in [-0.39, 0.29) is 12.2 Å². The minimum absolute atomic E-state index is 0.220. The molecule has 0 unspecified atom stereocenters. The van der Waals surface area contributed by atoms with Gasteiger partial charge in [-0.3, -0.25) is 0 Å². The largest absolute Gasteiger partial charge is 0.508 e. The lowest BCUT2D eigenvalue weighted by Crippen LogP contribution is -2.27. The molecule has 1 fully saturated rings. The number of aliphatic hydroxyl groups is 2. The molecule has 0 radical (unpaired) electrons. The Bertz CT molecular complexity index is 542. The predicted octanol–water partition coefficient (Wildman–Crippen LogP) is 3.83. The van der Waals surface area contributed by atoms with Gasteiger partial charge in [-0.05, 0) is 73.5 Å². The fraction of sp³-hybridized carbons (Fsp3) is 0.714. The van der Waals surface area contributed by atoms with Gasteiger partial charge in [-0.15, -0.1) is 0 Å². The third-order valence-electron chi connectivity index (χ3n) is 6.34. The number of hydrogen-bond donors (Lipinski definition) is 3. The molecule has 1 saturated carbocycles. The van der Waals surface area contributed by atoms with Crippen molar-refractivity contribution in [1.29, 1.82) is 0 Å². The van der Waals surface area contributed by atoms with E-state index in [1.807, 2.05) is 6.07 Å². The summed E-state index contributed by atoms with van der Waals surface area (Å²) in [5, 5.41) is 30.8. The molecule has 3 rings (SSSR count). The van der Waals surface area contributed by atoms with Crippen LogP contribution in [0.2, 0.25) is 0 Å². The summed E-state index contributed by atoms with van der Waals surface area (Å²) in [4.78, 5) is 0. The summed E-state index contributed by atoms with van der Waals surface area (Å²) in [6.07, 6.45) is 8.31. The smallest absolute Gasteiger partial charge is 0.119 e. The van der Waals surface area contributed by atoms with Crippen molar-refractivity contribution in [3.63, 3.8) is 0 Å². The van der Waals surface area contributed by atoms with Crippen LogP contribution in [0.1, 0.15) is 63.0 Å². The topological polar surface area (TPSA) is 60.7 Å². The van der Waals surface area contributed by atoms with Crippen LogP contribution >= 0.6 is 0 Å². The molecule has 0 amide bonds. The molecule has 0 bridgehead atoms. The van der Waals surface area contributed by atoms with Crippen molar-refractivity contribution < 1.29 is 15.3 Å². The highest BCUT2D eigenvalue weighted by Crippen LogP contribution is 2.48. The summed E-state index contributed by atoms with van der Waals surface area (Å²) in [7, 11) is 0. The molecule has 5 atom stereocenters. The maximum absolute atomic E-state index is 10.6. The van der Waals surface area contributed by atoms with E-state index >= 15 is 0 Å². The third kappa shape index (κ3) is 3.78. The maximum Gasteiger partial charge on any atom is 0.119 e. The second-order valence-corrected chi connectivity index (χ2v) is 7.94. The highest BCUT2D eigenvalue weighted by atomic mass is 16.3. The Balaban J connectivity index is 1.59. The number of phenolic OH excluding ortho intramolecular Hbond substituents is 1.